The Hall–Kier alpha value is 0.450. The van der Waals surface area contributed by atoms with Crippen molar-refractivity contribution in [3.05, 3.63) is 20.8 Å². The van der Waals surface area contributed by atoms with Gasteiger partial charge in [0.25, 0.3) is 0 Å². The molecule has 17 heavy (non-hydrogen) atoms. The van der Waals surface area contributed by atoms with Crippen molar-refractivity contribution in [1.29, 1.82) is 0 Å². The topological polar surface area (TPSA) is 29.3 Å². The summed E-state index contributed by atoms with van der Waals surface area (Å²) in [6, 6.07) is 2.74. The molecule has 1 aliphatic heterocycles. The molecular weight excluding hydrogens is 316 g/mol. The molecule has 0 spiro atoms. The summed E-state index contributed by atoms with van der Waals surface area (Å²) < 4.78 is 1.21. The third kappa shape index (κ3) is 3.70. The van der Waals surface area contributed by atoms with Gasteiger partial charge in [-0.3, -0.25) is 4.90 Å². The van der Waals surface area contributed by atoms with Crippen LogP contribution in [-0.2, 0) is 6.54 Å². The van der Waals surface area contributed by atoms with Gasteiger partial charge in [0, 0.05) is 19.1 Å². The van der Waals surface area contributed by atoms with Gasteiger partial charge >= 0.3 is 0 Å². The third-order valence-corrected chi connectivity index (χ3v) is 6.11. The van der Waals surface area contributed by atoms with Crippen LogP contribution in [0.15, 0.2) is 15.2 Å². The number of likely N-dealkylation sites (N-methyl/N-ethyl adjacent to an activating group) is 1. The SMILES string of the molecule is CN(Cc1csc(Br)c1)C(CN)C1CCSC1. The fourth-order valence-electron chi connectivity index (χ4n) is 2.42. The van der Waals surface area contributed by atoms with E-state index in [1.54, 1.807) is 11.3 Å². The van der Waals surface area contributed by atoms with Gasteiger partial charge in [-0.25, -0.2) is 0 Å². The molecule has 2 heterocycles. The molecule has 1 fully saturated rings. The Morgan fingerprint density at radius 2 is 2.47 bits per heavy atom. The predicted octanol–water partition coefficient (Wildman–Crippen LogP) is 3.02. The normalized spacial score (nSPS) is 22.2. The van der Waals surface area contributed by atoms with Gasteiger partial charge in [-0.2, -0.15) is 11.8 Å². The molecule has 0 radical (unpaired) electrons. The number of hydrogen-bond donors (Lipinski definition) is 1. The van der Waals surface area contributed by atoms with E-state index in [0.717, 1.165) is 19.0 Å². The maximum atomic E-state index is 5.95. The lowest BCUT2D eigenvalue weighted by atomic mass is 9.98. The summed E-state index contributed by atoms with van der Waals surface area (Å²) in [7, 11) is 2.20. The van der Waals surface area contributed by atoms with E-state index in [9.17, 15) is 0 Å². The Bertz CT molecular complexity index is 350. The van der Waals surface area contributed by atoms with E-state index in [1.807, 2.05) is 0 Å². The molecule has 2 unspecified atom stereocenters. The van der Waals surface area contributed by atoms with E-state index >= 15 is 0 Å². The van der Waals surface area contributed by atoms with Crippen molar-refractivity contribution >= 4 is 39.0 Å². The average Bonchev–Trinajstić information content (AvgIpc) is 2.92. The smallest absolute Gasteiger partial charge is 0.0701 e. The van der Waals surface area contributed by atoms with Crippen molar-refractivity contribution in [2.45, 2.75) is 19.0 Å². The van der Waals surface area contributed by atoms with E-state index in [2.05, 4.69) is 51.1 Å². The van der Waals surface area contributed by atoms with Gasteiger partial charge in [0.15, 0.2) is 0 Å². The molecule has 1 aromatic rings. The van der Waals surface area contributed by atoms with Crippen LogP contribution in [0.1, 0.15) is 12.0 Å². The number of hydrogen-bond acceptors (Lipinski definition) is 4. The number of nitrogens with two attached hydrogens (primary N) is 1. The second kappa shape index (κ2) is 6.57. The maximum Gasteiger partial charge on any atom is 0.0701 e. The quantitative estimate of drug-likeness (QED) is 0.897. The zero-order valence-electron chi connectivity index (χ0n) is 10.1. The number of halogens is 1. The summed E-state index contributed by atoms with van der Waals surface area (Å²) >= 11 is 7.33. The molecule has 2 atom stereocenters. The molecule has 1 aliphatic rings. The van der Waals surface area contributed by atoms with E-state index in [0.29, 0.717) is 6.04 Å². The summed E-state index contributed by atoms with van der Waals surface area (Å²) in [5.74, 6) is 3.36. The molecule has 2 N–H and O–H groups in total. The Kier molecular flexibility index (Phi) is 5.36. The first-order chi connectivity index (χ1) is 8.20. The highest BCUT2D eigenvalue weighted by molar-refractivity contribution is 9.11. The first-order valence-corrected chi connectivity index (χ1v) is 8.74. The van der Waals surface area contributed by atoms with Gasteiger partial charge in [-0.1, -0.05) is 0 Å². The lowest BCUT2D eigenvalue weighted by Gasteiger charge is -2.31. The highest BCUT2D eigenvalue weighted by Gasteiger charge is 2.27. The molecular formula is C12H19BrN2S2. The van der Waals surface area contributed by atoms with Crippen molar-refractivity contribution in [2.75, 3.05) is 25.1 Å². The summed E-state index contributed by atoms with van der Waals surface area (Å²) in [4.78, 5) is 2.42. The van der Waals surface area contributed by atoms with Gasteiger partial charge in [0.1, 0.15) is 0 Å². The molecule has 1 aromatic heterocycles. The lowest BCUT2D eigenvalue weighted by Crippen LogP contribution is -2.43. The van der Waals surface area contributed by atoms with Gasteiger partial charge in [0.2, 0.25) is 0 Å². The molecule has 0 amide bonds. The zero-order chi connectivity index (χ0) is 12.3. The second-order valence-electron chi connectivity index (χ2n) is 4.60. The van der Waals surface area contributed by atoms with Gasteiger partial charge in [0.05, 0.1) is 3.79 Å². The number of nitrogens with zero attached hydrogens (tertiary/aromatic N) is 1. The minimum absolute atomic E-state index is 0.531. The molecule has 1 saturated heterocycles. The number of thioether (sulfide) groups is 1. The molecule has 0 aliphatic carbocycles. The Morgan fingerprint density at radius 3 is 3.00 bits per heavy atom. The fourth-order valence-corrected chi connectivity index (χ4v) is 4.95. The van der Waals surface area contributed by atoms with Gasteiger partial charge in [-0.05, 0) is 63.8 Å². The molecule has 2 nitrogen and oxygen atoms in total. The van der Waals surface area contributed by atoms with Crippen LogP contribution in [0.3, 0.4) is 0 Å². The summed E-state index contributed by atoms with van der Waals surface area (Å²) in [6.07, 6.45) is 1.32. The standard InChI is InChI=1S/C12H19BrN2S2/c1-15(6-9-4-12(13)17-7-9)11(5-14)10-2-3-16-8-10/h4,7,10-11H,2-3,5-6,8,14H2,1H3. The third-order valence-electron chi connectivity index (χ3n) is 3.37. The van der Waals surface area contributed by atoms with Crippen molar-refractivity contribution in [3.63, 3.8) is 0 Å². The molecule has 5 heteroatoms. The maximum absolute atomic E-state index is 5.95. The fraction of sp³-hybridized carbons (Fsp3) is 0.667. The largest absolute Gasteiger partial charge is 0.329 e. The van der Waals surface area contributed by atoms with Crippen molar-refractivity contribution in [1.82, 2.24) is 4.90 Å². The van der Waals surface area contributed by atoms with Crippen LogP contribution in [0.2, 0.25) is 0 Å². The highest BCUT2D eigenvalue weighted by atomic mass is 79.9. The summed E-state index contributed by atoms with van der Waals surface area (Å²) in [5.41, 5.74) is 7.34. The first kappa shape index (κ1) is 13.9. The van der Waals surface area contributed by atoms with Crippen molar-refractivity contribution in [3.8, 4) is 0 Å². The van der Waals surface area contributed by atoms with E-state index in [4.69, 9.17) is 5.73 Å². The van der Waals surface area contributed by atoms with Crippen LogP contribution in [0.25, 0.3) is 0 Å². The van der Waals surface area contributed by atoms with Crippen molar-refractivity contribution in [2.24, 2.45) is 11.7 Å². The summed E-state index contributed by atoms with van der Waals surface area (Å²) in [5, 5.41) is 2.22. The van der Waals surface area contributed by atoms with E-state index < -0.39 is 0 Å². The summed E-state index contributed by atoms with van der Waals surface area (Å²) in [6.45, 7) is 1.78. The van der Waals surface area contributed by atoms with E-state index in [1.165, 1.54) is 27.3 Å². The van der Waals surface area contributed by atoms with E-state index in [-0.39, 0.29) is 0 Å². The van der Waals surface area contributed by atoms with Crippen LogP contribution in [-0.4, -0.2) is 36.0 Å². The van der Waals surface area contributed by atoms with Crippen LogP contribution < -0.4 is 5.73 Å². The molecule has 96 valence electrons. The average molecular weight is 335 g/mol. The van der Waals surface area contributed by atoms with Gasteiger partial charge in [-0.15, -0.1) is 11.3 Å². The molecule has 0 aromatic carbocycles. The van der Waals surface area contributed by atoms with Crippen LogP contribution in [0.4, 0.5) is 0 Å². The van der Waals surface area contributed by atoms with Crippen molar-refractivity contribution < 1.29 is 0 Å². The molecule has 0 saturated carbocycles. The molecule has 0 bridgehead atoms. The Balaban J connectivity index is 1.94. The van der Waals surface area contributed by atoms with Crippen LogP contribution >= 0.6 is 39.0 Å². The monoisotopic (exact) mass is 334 g/mol. The predicted molar refractivity (Wildman–Crippen MR) is 81.8 cm³/mol. The first-order valence-electron chi connectivity index (χ1n) is 5.91. The lowest BCUT2D eigenvalue weighted by molar-refractivity contribution is 0.184. The molecule has 2 rings (SSSR count). The Labute approximate surface area is 120 Å². The number of thiophene rings is 1. The minimum atomic E-state index is 0.531. The van der Waals surface area contributed by atoms with Gasteiger partial charge < -0.3 is 5.73 Å². The Morgan fingerprint density at radius 1 is 1.65 bits per heavy atom. The number of rotatable bonds is 5. The second-order valence-corrected chi connectivity index (χ2v) is 8.04. The minimum Gasteiger partial charge on any atom is -0.329 e. The van der Waals surface area contributed by atoms with Crippen LogP contribution in [0.5, 0.6) is 0 Å². The zero-order valence-corrected chi connectivity index (χ0v) is 13.3. The van der Waals surface area contributed by atoms with Crippen LogP contribution in [0, 0.1) is 5.92 Å². The highest BCUT2D eigenvalue weighted by Crippen LogP contribution is 2.29.